The summed E-state index contributed by atoms with van der Waals surface area (Å²) in [7, 11) is 0. The number of nitrogens with one attached hydrogen (secondary N) is 1. The van der Waals surface area contributed by atoms with Crippen LogP contribution in [0.25, 0.3) is 0 Å². The van der Waals surface area contributed by atoms with Crippen LogP contribution in [-0.2, 0) is 16.1 Å². The minimum Gasteiger partial charge on any atom is -0.368 e. The van der Waals surface area contributed by atoms with Crippen LogP contribution in [0.2, 0.25) is 0 Å². The smallest absolute Gasteiger partial charge is 0.249 e. The molecule has 1 saturated heterocycles. The van der Waals surface area contributed by atoms with Crippen molar-refractivity contribution in [1.29, 1.82) is 0 Å². The molecule has 0 bridgehead atoms. The van der Waals surface area contributed by atoms with Gasteiger partial charge in [-0.15, -0.1) is 0 Å². The molecule has 22 heavy (non-hydrogen) atoms. The Morgan fingerprint density at radius 2 is 2.05 bits per heavy atom. The van der Waals surface area contributed by atoms with E-state index in [4.69, 9.17) is 4.74 Å². The summed E-state index contributed by atoms with van der Waals surface area (Å²) in [6.45, 7) is 9.19. The van der Waals surface area contributed by atoms with Crippen LogP contribution in [0, 0.1) is 5.92 Å². The van der Waals surface area contributed by atoms with Gasteiger partial charge in [0, 0.05) is 32.4 Å². The van der Waals surface area contributed by atoms with Gasteiger partial charge in [-0.2, -0.15) is 0 Å². The summed E-state index contributed by atoms with van der Waals surface area (Å²) in [4.78, 5) is 18.7. The zero-order valence-corrected chi connectivity index (χ0v) is 13.8. The topological polar surface area (TPSA) is 54.5 Å². The fraction of sp³-hybridized carbons (Fsp3) is 0.647. The molecule has 1 amide bonds. The van der Waals surface area contributed by atoms with E-state index in [1.165, 1.54) is 12.8 Å². The first kappa shape index (κ1) is 16.7. The lowest BCUT2D eigenvalue weighted by molar-refractivity contribution is -0.132. The van der Waals surface area contributed by atoms with Crippen molar-refractivity contribution in [2.45, 2.75) is 46.3 Å². The molecule has 0 unspecified atom stereocenters. The summed E-state index contributed by atoms with van der Waals surface area (Å²) in [6.07, 6.45) is 3.91. The normalized spacial score (nSPS) is 16.1. The van der Waals surface area contributed by atoms with E-state index in [2.05, 4.69) is 29.0 Å². The van der Waals surface area contributed by atoms with E-state index in [0.717, 1.165) is 24.5 Å². The van der Waals surface area contributed by atoms with Crippen molar-refractivity contribution in [2.75, 3.05) is 24.6 Å². The van der Waals surface area contributed by atoms with Gasteiger partial charge < -0.3 is 15.0 Å². The maximum Gasteiger partial charge on any atom is 0.249 e. The van der Waals surface area contributed by atoms with Crippen molar-refractivity contribution in [3.63, 3.8) is 0 Å². The third kappa shape index (κ3) is 4.98. The lowest BCUT2D eigenvalue weighted by Crippen LogP contribution is -2.34. The predicted molar refractivity (Wildman–Crippen MR) is 87.8 cm³/mol. The number of amides is 1. The Bertz CT molecular complexity index is 467. The number of aromatic nitrogens is 1. The lowest BCUT2D eigenvalue weighted by Gasteiger charge is -2.17. The molecule has 2 heterocycles. The zero-order valence-electron chi connectivity index (χ0n) is 13.8. The third-order valence-corrected chi connectivity index (χ3v) is 3.75. The van der Waals surface area contributed by atoms with Crippen LogP contribution < -0.4 is 10.2 Å². The predicted octanol–water partition coefficient (Wildman–Crippen LogP) is 2.36. The SMILES string of the molecule is CC(C)CO[C@@H](C)C(=O)NCc1ccc(N2CCCC2)nc1. The first-order valence-electron chi connectivity index (χ1n) is 8.15. The summed E-state index contributed by atoms with van der Waals surface area (Å²) in [6, 6.07) is 4.06. The molecule has 1 N–H and O–H groups in total. The van der Waals surface area contributed by atoms with Gasteiger partial charge in [-0.25, -0.2) is 4.98 Å². The Kier molecular flexibility index (Phi) is 6.19. The van der Waals surface area contributed by atoms with Gasteiger partial charge in [0.2, 0.25) is 5.91 Å². The molecule has 1 aromatic rings. The quantitative estimate of drug-likeness (QED) is 0.840. The molecule has 0 aromatic carbocycles. The Balaban J connectivity index is 1.77. The Morgan fingerprint density at radius 1 is 1.32 bits per heavy atom. The van der Waals surface area contributed by atoms with Crippen molar-refractivity contribution in [3.8, 4) is 0 Å². The van der Waals surface area contributed by atoms with E-state index < -0.39 is 6.10 Å². The van der Waals surface area contributed by atoms with Crippen LogP contribution in [0.15, 0.2) is 18.3 Å². The van der Waals surface area contributed by atoms with Gasteiger partial charge in [-0.05, 0) is 37.3 Å². The number of carbonyl (C=O) groups is 1. The molecule has 1 fully saturated rings. The molecule has 2 rings (SSSR count). The molecule has 1 aliphatic heterocycles. The van der Waals surface area contributed by atoms with E-state index in [1.807, 2.05) is 18.3 Å². The number of pyridine rings is 1. The van der Waals surface area contributed by atoms with Crippen LogP contribution in [0.5, 0.6) is 0 Å². The molecular weight excluding hydrogens is 278 g/mol. The number of rotatable bonds is 7. The Labute approximate surface area is 133 Å². The third-order valence-electron chi connectivity index (χ3n) is 3.75. The minimum atomic E-state index is -0.417. The van der Waals surface area contributed by atoms with Crippen LogP contribution in [0.4, 0.5) is 5.82 Å². The molecule has 122 valence electrons. The Morgan fingerprint density at radius 3 is 2.64 bits per heavy atom. The van der Waals surface area contributed by atoms with Gasteiger partial charge in [-0.3, -0.25) is 4.79 Å². The van der Waals surface area contributed by atoms with Crippen LogP contribution in [0.3, 0.4) is 0 Å². The van der Waals surface area contributed by atoms with Crippen molar-refractivity contribution >= 4 is 11.7 Å². The number of hydrogen-bond donors (Lipinski definition) is 1. The van der Waals surface area contributed by atoms with Crippen LogP contribution >= 0.6 is 0 Å². The fourth-order valence-electron chi connectivity index (χ4n) is 2.40. The van der Waals surface area contributed by atoms with Gasteiger partial charge in [0.1, 0.15) is 11.9 Å². The lowest BCUT2D eigenvalue weighted by atomic mass is 10.2. The van der Waals surface area contributed by atoms with Gasteiger partial charge in [0.25, 0.3) is 0 Å². The minimum absolute atomic E-state index is 0.0794. The molecule has 5 nitrogen and oxygen atoms in total. The largest absolute Gasteiger partial charge is 0.368 e. The first-order valence-corrected chi connectivity index (χ1v) is 8.15. The molecule has 0 aliphatic carbocycles. The summed E-state index contributed by atoms with van der Waals surface area (Å²) in [5.41, 5.74) is 1.01. The van der Waals surface area contributed by atoms with Gasteiger partial charge in [-0.1, -0.05) is 19.9 Å². The number of ether oxygens (including phenoxy) is 1. The standard InChI is InChI=1S/C17H27N3O2/c1-13(2)12-22-14(3)17(21)19-11-15-6-7-16(18-10-15)20-8-4-5-9-20/h6-7,10,13-14H,4-5,8-9,11-12H2,1-3H3,(H,19,21)/t14-/m0/s1. The molecular formula is C17H27N3O2. The zero-order chi connectivity index (χ0) is 15.9. The second kappa shape index (κ2) is 8.13. The molecule has 5 heteroatoms. The monoisotopic (exact) mass is 305 g/mol. The first-order chi connectivity index (χ1) is 10.6. The number of carbonyl (C=O) groups excluding carboxylic acids is 1. The van der Waals surface area contributed by atoms with E-state index in [-0.39, 0.29) is 5.91 Å². The average molecular weight is 305 g/mol. The number of nitrogens with zero attached hydrogens (tertiary/aromatic N) is 2. The fourth-order valence-corrected chi connectivity index (χ4v) is 2.40. The van der Waals surface area contributed by atoms with Gasteiger partial charge >= 0.3 is 0 Å². The van der Waals surface area contributed by atoms with E-state index in [1.54, 1.807) is 6.92 Å². The van der Waals surface area contributed by atoms with E-state index >= 15 is 0 Å². The van der Waals surface area contributed by atoms with E-state index in [9.17, 15) is 4.79 Å². The summed E-state index contributed by atoms with van der Waals surface area (Å²) in [5, 5.41) is 2.89. The highest BCUT2D eigenvalue weighted by Crippen LogP contribution is 2.17. The second-order valence-corrected chi connectivity index (χ2v) is 6.31. The summed E-state index contributed by atoms with van der Waals surface area (Å²) >= 11 is 0. The number of hydrogen-bond acceptors (Lipinski definition) is 4. The van der Waals surface area contributed by atoms with Crippen molar-refractivity contribution in [3.05, 3.63) is 23.9 Å². The van der Waals surface area contributed by atoms with E-state index in [0.29, 0.717) is 19.1 Å². The number of anilines is 1. The Hall–Kier alpha value is -1.62. The van der Waals surface area contributed by atoms with Gasteiger partial charge in [0.15, 0.2) is 0 Å². The van der Waals surface area contributed by atoms with Crippen LogP contribution in [0.1, 0.15) is 39.2 Å². The molecule has 0 saturated carbocycles. The van der Waals surface area contributed by atoms with Gasteiger partial charge in [0.05, 0.1) is 0 Å². The molecule has 1 aromatic heterocycles. The van der Waals surface area contributed by atoms with Crippen molar-refractivity contribution in [1.82, 2.24) is 10.3 Å². The maximum atomic E-state index is 11.9. The molecule has 1 atom stereocenters. The highest BCUT2D eigenvalue weighted by molar-refractivity contribution is 5.80. The molecule has 1 aliphatic rings. The van der Waals surface area contributed by atoms with Crippen molar-refractivity contribution < 1.29 is 9.53 Å². The van der Waals surface area contributed by atoms with Crippen LogP contribution in [-0.4, -0.2) is 36.7 Å². The average Bonchev–Trinajstić information content (AvgIpc) is 3.05. The van der Waals surface area contributed by atoms with Crippen molar-refractivity contribution in [2.24, 2.45) is 5.92 Å². The molecule has 0 spiro atoms. The second-order valence-electron chi connectivity index (χ2n) is 6.31. The summed E-state index contributed by atoms with van der Waals surface area (Å²) < 4.78 is 5.51. The maximum absolute atomic E-state index is 11.9. The highest BCUT2D eigenvalue weighted by atomic mass is 16.5. The summed E-state index contributed by atoms with van der Waals surface area (Å²) in [5.74, 6) is 1.38. The molecule has 0 radical (unpaired) electrons. The highest BCUT2D eigenvalue weighted by Gasteiger charge is 2.15.